The molecule has 2 unspecified atom stereocenters. The van der Waals surface area contributed by atoms with Crippen LogP contribution in [0.3, 0.4) is 0 Å². The Balaban J connectivity index is 3.74. The third kappa shape index (κ3) is 8.42. The summed E-state index contributed by atoms with van der Waals surface area (Å²) in [6, 6.07) is 2.03. The van der Waals surface area contributed by atoms with Crippen LogP contribution in [0.25, 0.3) is 0 Å². The van der Waals surface area contributed by atoms with Gasteiger partial charge in [0.05, 0.1) is 6.42 Å². The van der Waals surface area contributed by atoms with Crippen LogP contribution in [0.5, 0.6) is 5.75 Å². The van der Waals surface area contributed by atoms with Crippen molar-refractivity contribution < 1.29 is 29.0 Å². The maximum atomic E-state index is 14.1. The van der Waals surface area contributed by atoms with Crippen LogP contribution in [-0.2, 0) is 19.1 Å². The van der Waals surface area contributed by atoms with E-state index in [1.165, 1.54) is 4.90 Å². The van der Waals surface area contributed by atoms with E-state index >= 15 is 0 Å². The normalized spacial score (nSPS) is 13.5. The Morgan fingerprint density at radius 2 is 1.67 bits per heavy atom. The molecule has 0 bridgehead atoms. The zero-order chi connectivity index (χ0) is 28.0. The fourth-order valence-corrected chi connectivity index (χ4v) is 3.63. The van der Waals surface area contributed by atoms with Gasteiger partial charge in [0.15, 0.2) is 0 Å². The number of benzene rings is 1. The monoisotopic (exact) mass is 506 g/mol. The highest BCUT2D eigenvalue weighted by molar-refractivity contribution is 5.95. The summed E-state index contributed by atoms with van der Waals surface area (Å²) in [7, 11) is 0. The summed E-state index contributed by atoms with van der Waals surface area (Å²) in [4.78, 5) is 53.4. The molecule has 0 saturated carbocycles. The maximum Gasteiger partial charge on any atom is 0.408 e. The summed E-state index contributed by atoms with van der Waals surface area (Å²) in [6.45, 7) is 15.6. The minimum atomic E-state index is -1.40. The van der Waals surface area contributed by atoms with Gasteiger partial charge in [-0.3, -0.25) is 14.4 Å². The summed E-state index contributed by atoms with van der Waals surface area (Å²) in [5.74, 6) is -2.18. The van der Waals surface area contributed by atoms with Crippen molar-refractivity contribution in [3.05, 3.63) is 29.3 Å². The molecular formula is C26H42N4O6. The second kappa shape index (κ2) is 12.1. The average Bonchev–Trinajstić information content (AvgIpc) is 2.71. The number of carbonyl (C=O) groups excluding carboxylic acids is 4. The van der Waals surface area contributed by atoms with Gasteiger partial charge in [0, 0.05) is 17.1 Å². The molecule has 0 fully saturated rings. The number of rotatable bonds is 10. The van der Waals surface area contributed by atoms with Gasteiger partial charge in [-0.2, -0.15) is 0 Å². The van der Waals surface area contributed by atoms with Gasteiger partial charge in [-0.15, -0.1) is 0 Å². The minimum absolute atomic E-state index is 0.127. The van der Waals surface area contributed by atoms with Crippen molar-refractivity contribution in [2.24, 2.45) is 5.73 Å². The van der Waals surface area contributed by atoms with E-state index in [-0.39, 0.29) is 17.4 Å². The molecule has 10 heteroatoms. The summed E-state index contributed by atoms with van der Waals surface area (Å²) in [5, 5.41) is 16.2. The molecule has 4 amide bonds. The molecule has 0 aliphatic rings. The van der Waals surface area contributed by atoms with E-state index in [4.69, 9.17) is 10.5 Å². The number of phenols is 1. The van der Waals surface area contributed by atoms with Gasteiger partial charge >= 0.3 is 6.09 Å². The Hall–Kier alpha value is -3.30. The van der Waals surface area contributed by atoms with Gasteiger partial charge in [-0.1, -0.05) is 25.1 Å². The molecule has 0 heterocycles. The molecule has 1 aromatic rings. The molecule has 10 nitrogen and oxygen atoms in total. The highest BCUT2D eigenvalue weighted by atomic mass is 16.6. The van der Waals surface area contributed by atoms with Crippen LogP contribution in [0.4, 0.5) is 4.79 Å². The summed E-state index contributed by atoms with van der Waals surface area (Å²) >= 11 is 0. The Labute approximate surface area is 213 Å². The SMILES string of the molecule is CCC(C)(C)N(C(=O)C(CC(N)=O)NC(=O)OC(C)(C)C)C(C(=O)NC(C)C)c1cccc(C)c1O. The summed E-state index contributed by atoms with van der Waals surface area (Å²) < 4.78 is 5.28. The molecule has 2 atom stereocenters. The van der Waals surface area contributed by atoms with Gasteiger partial charge in [-0.25, -0.2) is 4.79 Å². The molecule has 1 rings (SSSR count). The van der Waals surface area contributed by atoms with Crippen molar-refractivity contribution >= 4 is 23.8 Å². The minimum Gasteiger partial charge on any atom is -0.507 e. The highest BCUT2D eigenvalue weighted by Gasteiger charge is 2.44. The van der Waals surface area contributed by atoms with Crippen molar-refractivity contribution in [3.8, 4) is 5.75 Å². The largest absolute Gasteiger partial charge is 0.507 e. The first-order valence-corrected chi connectivity index (χ1v) is 12.1. The number of amides is 4. The van der Waals surface area contributed by atoms with Crippen molar-refractivity contribution in [1.29, 1.82) is 0 Å². The van der Waals surface area contributed by atoms with Crippen LogP contribution in [0, 0.1) is 6.92 Å². The molecule has 0 spiro atoms. The van der Waals surface area contributed by atoms with Gasteiger partial charge < -0.3 is 31.1 Å². The van der Waals surface area contributed by atoms with E-state index in [1.807, 2.05) is 6.92 Å². The first-order valence-electron chi connectivity index (χ1n) is 12.1. The fraction of sp³-hybridized carbons (Fsp3) is 0.615. The predicted molar refractivity (Wildman–Crippen MR) is 137 cm³/mol. The number of phenolic OH excluding ortho intramolecular Hbond substituents is 1. The number of nitrogens with two attached hydrogens (primary N) is 1. The number of aryl methyl sites for hydroxylation is 1. The number of carbonyl (C=O) groups is 4. The molecule has 0 aliphatic heterocycles. The number of alkyl carbamates (subject to hydrolysis) is 1. The van der Waals surface area contributed by atoms with E-state index in [0.29, 0.717) is 12.0 Å². The number of para-hydroxylation sites is 1. The van der Waals surface area contributed by atoms with E-state index in [9.17, 15) is 24.3 Å². The third-order valence-electron chi connectivity index (χ3n) is 5.65. The topological polar surface area (TPSA) is 151 Å². The molecule has 36 heavy (non-hydrogen) atoms. The number of nitrogens with one attached hydrogen (secondary N) is 2. The van der Waals surface area contributed by atoms with E-state index in [1.54, 1.807) is 73.6 Å². The Kier molecular flexibility index (Phi) is 10.3. The van der Waals surface area contributed by atoms with Gasteiger partial charge in [-0.05, 0) is 67.4 Å². The summed E-state index contributed by atoms with van der Waals surface area (Å²) in [5.41, 5.74) is 4.38. The Morgan fingerprint density at radius 1 is 1.08 bits per heavy atom. The quantitative estimate of drug-likeness (QED) is 0.383. The lowest BCUT2D eigenvalue weighted by Crippen LogP contribution is -2.60. The van der Waals surface area contributed by atoms with Crippen molar-refractivity contribution in [2.45, 2.75) is 104 Å². The van der Waals surface area contributed by atoms with Crippen molar-refractivity contribution in [1.82, 2.24) is 15.5 Å². The van der Waals surface area contributed by atoms with Gasteiger partial charge in [0.1, 0.15) is 23.4 Å². The maximum absolute atomic E-state index is 14.1. The number of ether oxygens (including phenoxy) is 1. The van der Waals surface area contributed by atoms with Crippen molar-refractivity contribution in [2.75, 3.05) is 0 Å². The van der Waals surface area contributed by atoms with Crippen LogP contribution >= 0.6 is 0 Å². The molecular weight excluding hydrogens is 464 g/mol. The Morgan fingerprint density at radius 3 is 2.14 bits per heavy atom. The number of aromatic hydroxyl groups is 1. The van der Waals surface area contributed by atoms with Crippen LogP contribution < -0.4 is 16.4 Å². The molecule has 0 aromatic heterocycles. The van der Waals surface area contributed by atoms with Gasteiger partial charge in [0.25, 0.3) is 0 Å². The Bertz CT molecular complexity index is 968. The number of primary amides is 1. The fourth-order valence-electron chi connectivity index (χ4n) is 3.63. The summed E-state index contributed by atoms with van der Waals surface area (Å²) in [6.07, 6.45) is -0.989. The molecule has 202 valence electrons. The third-order valence-corrected chi connectivity index (χ3v) is 5.65. The van der Waals surface area contributed by atoms with Crippen molar-refractivity contribution in [3.63, 3.8) is 0 Å². The molecule has 0 radical (unpaired) electrons. The van der Waals surface area contributed by atoms with E-state index in [0.717, 1.165) is 0 Å². The van der Waals surface area contributed by atoms with E-state index < -0.39 is 53.5 Å². The predicted octanol–water partition coefficient (Wildman–Crippen LogP) is 3.05. The van der Waals surface area contributed by atoms with Crippen LogP contribution in [0.2, 0.25) is 0 Å². The first kappa shape index (κ1) is 30.7. The van der Waals surface area contributed by atoms with Gasteiger partial charge in [0.2, 0.25) is 17.7 Å². The second-order valence-corrected chi connectivity index (χ2v) is 10.8. The second-order valence-electron chi connectivity index (χ2n) is 10.8. The number of hydrogen-bond donors (Lipinski definition) is 4. The smallest absolute Gasteiger partial charge is 0.408 e. The standard InChI is InChI=1S/C26H42N4O6/c1-10-26(8,9)30(23(34)18(14-19(27)31)29-24(35)36-25(5,6)7)20(22(33)28-15(2)3)17-13-11-12-16(4)21(17)32/h11-13,15,18,20,32H,10,14H2,1-9H3,(H2,27,31)(H,28,33)(H,29,35). The average molecular weight is 507 g/mol. The number of hydrogen-bond acceptors (Lipinski definition) is 6. The molecule has 0 saturated heterocycles. The lowest BCUT2D eigenvalue weighted by molar-refractivity contribution is -0.150. The lowest BCUT2D eigenvalue weighted by Gasteiger charge is -2.44. The van der Waals surface area contributed by atoms with Crippen LogP contribution in [0.1, 0.15) is 85.4 Å². The number of nitrogens with zero attached hydrogens (tertiary/aromatic N) is 1. The molecule has 0 aliphatic carbocycles. The zero-order valence-corrected chi connectivity index (χ0v) is 22.9. The highest BCUT2D eigenvalue weighted by Crippen LogP contribution is 2.37. The zero-order valence-electron chi connectivity index (χ0n) is 22.9. The van der Waals surface area contributed by atoms with Crippen LogP contribution in [0.15, 0.2) is 18.2 Å². The molecule has 1 aromatic carbocycles. The van der Waals surface area contributed by atoms with Crippen LogP contribution in [-0.4, -0.2) is 57.0 Å². The first-order chi connectivity index (χ1) is 16.4. The molecule has 5 N–H and O–H groups in total. The van der Waals surface area contributed by atoms with E-state index in [2.05, 4.69) is 10.6 Å². The lowest BCUT2D eigenvalue weighted by atomic mass is 9.90.